The van der Waals surface area contributed by atoms with E-state index in [0.29, 0.717) is 17.7 Å². The Bertz CT molecular complexity index is 439. The summed E-state index contributed by atoms with van der Waals surface area (Å²) in [5.74, 6) is -0.00663. The molecule has 1 aromatic rings. The van der Waals surface area contributed by atoms with Gasteiger partial charge < -0.3 is 15.3 Å². The smallest absolute Gasteiger partial charge is 0.251 e. The Balaban J connectivity index is 2.75. The van der Waals surface area contributed by atoms with Crippen LogP contribution in [0.1, 0.15) is 29.8 Å². The summed E-state index contributed by atoms with van der Waals surface area (Å²) in [5, 5.41) is 12.5. The van der Waals surface area contributed by atoms with Gasteiger partial charge in [-0.3, -0.25) is 4.79 Å². The molecular weight excluding hydrogens is 228 g/mol. The molecule has 100 valence electrons. The van der Waals surface area contributed by atoms with E-state index in [4.69, 9.17) is 0 Å². The van der Waals surface area contributed by atoms with Crippen LogP contribution in [0, 0.1) is 6.92 Å². The second kappa shape index (κ2) is 5.40. The highest BCUT2D eigenvalue weighted by Gasteiger charge is 2.22. The van der Waals surface area contributed by atoms with Gasteiger partial charge in [-0.05, 0) is 47.0 Å². The first-order chi connectivity index (χ1) is 8.25. The van der Waals surface area contributed by atoms with Crippen molar-refractivity contribution in [3.63, 3.8) is 0 Å². The van der Waals surface area contributed by atoms with Gasteiger partial charge in [0.25, 0.3) is 5.91 Å². The van der Waals surface area contributed by atoms with Gasteiger partial charge in [0.15, 0.2) is 0 Å². The number of carbonyl (C=O) groups excluding carboxylic acids is 1. The molecule has 0 saturated heterocycles. The van der Waals surface area contributed by atoms with Gasteiger partial charge in [0.2, 0.25) is 0 Å². The summed E-state index contributed by atoms with van der Waals surface area (Å²) in [6.07, 6.45) is 0. The lowest BCUT2D eigenvalue weighted by atomic mass is 10.0. The number of aromatic hydroxyl groups is 1. The normalized spacial score (nSPS) is 11.7. The van der Waals surface area contributed by atoms with E-state index >= 15 is 0 Å². The third-order valence-corrected chi connectivity index (χ3v) is 3.44. The van der Waals surface area contributed by atoms with Gasteiger partial charge in [0.05, 0.1) is 0 Å². The van der Waals surface area contributed by atoms with E-state index in [2.05, 4.69) is 24.1 Å². The lowest BCUT2D eigenvalue weighted by Crippen LogP contribution is -2.48. The molecule has 0 heterocycles. The average Bonchev–Trinajstić information content (AvgIpc) is 2.29. The number of hydrogen-bond donors (Lipinski definition) is 2. The standard InChI is InChI=1S/C14H22N2O2/c1-10-11(7-6-8-12(10)17)13(18)15-9-14(2,3)16(4)5/h6-8,17H,9H2,1-5H3,(H,15,18). The molecule has 4 heteroatoms. The van der Waals surface area contributed by atoms with Crippen molar-refractivity contribution in [3.8, 4) is 5.75 Å². The Morgan fingerprint density at radius 3 is 2.56 bits per heavy atom. The minimum atomic E-state index is -0.154. The highest BCUT2D eigenvalue weighted by Crippen LogP contribution is 2.19. The molecule has 0 spiro atoms. The van der Waals surface area contributed by atoms with Crippen LogP contribution in [-0.2, 0) is 0 Å². The van der Waals surface area contributed by atoms with E-state index in [1.54, 1.807) is 25.1 Å². The number of likely N-dealkylation sites (N-methyl/N-ethyl adjacent to an activating group) is 1. The van der Waals surface area contributed by atoms with Crippen LogP contribution >= 0.6 is 0 Å². The Hall–Kier alpha value is -1.55. The van der Waals surface area contributed by atoms with Gasteiger partial charge in [0.1, 0.15) is 5.75 Å². The van der Waals surface area contributed by atoms with Gasteiger partial charge in [0, 0.05) is 23.2 Å². The summed E-state index contributed by atoms with van der Waals surface area (Å²) in [6, 6.07) is 4.97. The molecule has 1 amide bonds. The van der Waals surface area contributed by atoms with Gasteiger partial charge in [-0.15, -0.1) is 0 Å². The molecule has 4 nitrogen and oxygen atoms in total. The fourth-order valence-electron chi connectivity index (χ4n) is 1.42. The topological polar surface area (TPSA) is 52.6 Å². The lowest BCUT2D eigenvalue weighted by Gasteiger charge is -2.32. The third kappa shape index (κ3) is 3.23. The largest absolute Gasteiger partial charge is 0.508 e. The first-order valence-electron chi connectivity index (χ1n) is 6.00. The van der Waals surface area contributed by atoms with E-state index < -0.39 is 0 Å². The van der Waals surface area contributed by atoms with E-state index in [0.717, 1.165) is 0 Å². The molecule has 0 aliphatic heterocycles. The summed E-state index contributed by atoms with van der Waals surface area (Å²) in [6.45, 7) is 6.40. The van der Waals surface area contributed by atoms with Crippen molar-refractivity contribution in [2.75, 3.05) is 20.6 Å². The number of rotatable bonds is 4. The minimum Gasteiger partial charge on any atom is -0.508 e. The third-order valence-electron chi connectivity index (χ3n) is 3.44. The number of phenols is 1. The van der Waals surface area contributed by atoms with Gasteiger partial charge in [-0.25, -0.2) is 0 Å². The fourth-order valence-corrected chi connectivity index (χ4v) is 1.42. The fraction of sp³-hybridized carbons (Fsp3) is 0.500. The summed E-state index contributed by atoms with van der Waals surface area (Å²) in [7, 11) is 3.96. The number of hydrogen-bond acceptors (Lipinski definition) is 3. The molecule has 0 saturated carbocycles. The second-order valence-electron chi connectivity index (χ2n) is 5.34. The van der Waals surface area contributed by atoms with Gasteiger partial charge in [-0.1, -0.05) is 6.07 Å². The molecule has 1 rings (SSSR count). The molecule has 2 N–H and O–H groups in total. The SMILES string of the molecule is Cc1c(O)cccc1C(=O)NCC(C)(C)N(C)C. The van der Waals surface area contributed by atoms with Crippen LogP contribution in [0.25, 0.3) is 0 Å². The number of phenolic OH excluding ortho intramolecular Hbond substituents is 1. The summed E-state index contributed by atoms with van der Waals surface area (Å²) >= 11 is 0. The summed E-state index contributed by atoms with van der Waals surface area (Å²) < 4.78 is 0. The zero-order chi connectivity index (χ0) is 13.9. The van der Waals surface area contributed by atoms with E-state index in [1.165, 1.54) is 0 Å². The Morgan fingerprint density at radius 1 is 1.39 bits per heavy atom. The summed E-state index contributed by atoms with van der Waals surface area (Å²) in [5.41, 5.74) is 1.02. The summed E-state index contributed by atoms with van der Waals surface area (Å²) in [4.78, 5) is 14.1. The number of amides is 1. The van der Waals surface area contributed by atoms with Crippen molar-refractivity contribution in [1.29, 1.82) is 0 Å². The van der Waals surface area contributed by atoms with E-state index in [-0.39, 0.29) is 17.2 Å². The number of carbonyl (C=O) groups is 1. The maximum absolute atomic E-state index is 12.0. The average molecular weight is 250 g/mol. The first kappa shape index (κ1) is 14.5. The molecule has 0 bridgehead atoms. The van der Waals surface area contributed by atoms with E-state index in [9.17, 15) is 9.90 Å². The first-order valence-corrected chi connectivity index (χ1v) is 6.00. The second-order valence-corrected chi connectivity index (χ2v) is 5.34. The van der Waals surface area contributed by atoms with Crippen molar-refractivity contribution in [1.82, 2.24) is 10.2 Å². The predicted octanol–water partition coefficient (Wildman–Crippen LogP) is 1.77. The molecule has 0 unspecified atom stereocenters. The quantitative estimate of drug-likeness (QED) is 0.856. The lowest BCUT2D eigenvalue weighted by molar-refractivity contribution is 0.0918. The van der Waals surface area contributed by atoms with Crippen LogP contribution in [0.4, 0.5) is 0 Å². The molecule has 0 aliphatic carbocycles. The molecule has 0 atom stereocenters. The highest BCUT2D eigenvalue weighted by atomic mass is 16.3. The zero-order valence-corrected chi connectivity index (χ0v) is 11.7. The maximum Gasteiger partial charge on any atom is 0.251 e. The Kier molecular flexibility index (Phi) is 4.35. The number of benzene rings is 1. The van der Waals surface area contributed by atoms with Gasteiger partial charge in [-0.2, -0.15) is 0 Å². The van der Waals surface area contributed by atoms with Crippen LogP contribution < -0.4 is 5.32 Å². The monoisotopic (exact) mass is 250 g/mol. The maximum atomic E-state index is 12.0. The molecule has 0 aromatic heterocycles. The number of nitrogens with zero attached hydrogens (tertiary/aromatic N) is 1. The van der Waals surface area contributed by atoms with Crippen molar-refractivity contribution >= 4 is 5.91 Å². The van der Waals surface area contributed by atoms with Crippen molar-refractivity contribution < 1.29 is 9.90 Å². The van der Waals surface area contributed by atoms with Crippen molar-refractivity contribution in [2.24, 2.45) is 0 Å². The van der Waals surface area contributed by atoms with Crippen molar-refractivity contribution in [2.45, 2.75) is 26.3 Å². The predicted molar refractivity (Wildman–Crippen MR) is 72.9 cm³/mol. The van der Waals surface area contributed by atoms with Crippen LogP contribution in [0.2, 0.25) is 0 Å². The highest BCUT2D eigenvalue weighted by molar-refractivity contribution is 5.96. The van der Waals surface area contributed by atoms with Crippen molar-refractivity contribution in [3.05, 3.63) is 29.3 Å². The van der Waals surface area contributed by atoms with Crippen LogP contribution in [0.15, 0.2) is 18.2 Å². The van der Waals surface area contributed by atoms with Gasteiger partial charge >= 0.3 is 0 Å². The zero-order valence-electron chi connectivity index (χ0n) is 11.7. The Labute approximate surface area is 109 Å². The van der Waals surface area contributed by atoms with Crippen LogP contribution in [-0.4, -0.2) is 42.1 Å². The molecule has 18 heavy (non-hydrogen) atoms. The minimum absolute atomic E-state index is 0.111. The molecule has 1 aromatic carbocycles. The molecular formula is C14H22N2O2. The van der Waals surface area contributed by atoms with Crippen LogP contribution in [0.5, 0.6) is 5.75 Å². The molecule has 0 fully saturated rings. The van der Waals surface area contributed by atoms with E-state index in [1.807, 2.05) is 14.1 Å². The number of nitrogens with one attached hydrogen (secondary N) is 1. The molecule has 0 radical (unpaired) electrons. The molecule has 0 aliphatic rings. The van der Waals surface area contributed by atoms with Crippen LogP contribution in [0.3, 0.4) is 0 Å². The Morgan fingerprint density at radius 2 is 2.00 bits per heavy atom.